The highest BCUT2D eigenvalue weighted by molar-refractivity contribution is 5.92. The molecule has 2 amide bonds. The van der Waals surface area contributed by atoms with Crippen LogP contribution in [-0.4, -0.2) is 16.8 Å². The van der Waals surface area contributed by atoms with Crippen molar-refractivity contribution >= 4 is 28.4 Å². The smallest absolute Gasteiger partial charge is 0.226 e. The van der Waals surface area contributed by atoms with E-state index >= 15 is 0 Å². The predicted molar refractivity (Wildman–Crippen MR) is 108 cm³/mol. The van der Waals surface area contributed by atoms with Crippen LogP contribution >= 0.6 is 0 Å². The van der Waals surface area contributed by atoms with Crippen molar-refractivity contribution in [1.29, 1.82) is 0 Å². The van der Waals surface area contributed by atoms with Crippen molar-refractivity contribution in [2.45, 2.75) is 33.2 Å². The highest BCUT2D eigenvalue weighted by atomic mass is 16.2. The van der Waals surface area contributed by atoms with Crippen LogP contribution in [0.5, 0.6) is 0 Å². The number of amides is 2. The van der Waals surface area contributed by atoms with Gasteiger partial charge in [-0.3, -0.25) is 9.59 Å². The Labute approximate surface area is 159 Å². The van der Waals surface area contributed by atoms with Crippen molar-refractivity contribution in [3.63, 3.8) is 0 Å². The molecule has 0 aliphatic carbocycles. The largest absolute Gasteiger partial charge is 0.361 e. The molecule has 0 unspecified atom stereocenters. The maximum Gasteiger partial charge on any atom is 0.226 e. The highest BCUT2D eigenvalue weighted by Gasteiger charge is 2.08. The van der Waals surface area contributed by atoms with Crippen LogP contribution in [0.1, 0.15) is 31.4 Å². The molecule has 140 valence electrons. The average Bonchev–Trinajstić information content (AvgIpc) is 3.09. The van der Waals surface area contributed by atoms with E-state index in [1.165, 1.54) is 5.39 Å². The second-order valence-electron chi connectivity index (χ2n) is 6.98. The number of benzene rings is 2. The van der Waals surface area contributed by atoms with E-state index in [1.54, 1.807) is 0 Å². The molecule has 1 aromatic heterocycles. The van der Waals surface area contributed by atoms with Crippen LogP contribution in [-0.2, 0) is 22.6 Å². The Kier molecular flexibility index (Phi) is 5.91. The van der Waals surface area contributed by atoms with Crippen molar-refractivity contribution in [1.82, 2.24) is 10.3 Å². The van der Waals surface area contributed by atoms with Crippen molar-refractivity contribution in [2.24, 2.45) is 5.92 Å². The zero-order chi connectivity index (χ0) is 19.2. The summed E-state index contributed by atoms with van der Waals surface area (Å²) in [5.41, 5.74) is 4.02. The van der Waals surface area contributed by atoms with Crippen LogP contribution in [0.15, 0.2) is 54.7 Å². The quantitative estimate of drug-likeness (QED) is 0.593. The number of aryl methyl sites for hydroxylation is 1. The fraction of sp³-hybridized carbons (Fsp3) is 0.273. The molecule has 5 nitrogen and oxygen atoms in total. The van der Waals surface area contributed by atoms with Gasteiger partial charge in [0.05, 0.1) is 0 Å². The molecular weight excluding hydrogens is 338 g/mol. The molecular formula is C22H25N3O2. The zero-order valence-electron chi connectivity index (χ0n) is 15.7. The number of nitrogens with one attached hydrogen (secondary N) is 3. The molecule has 0 saturated heterocycles. The number of hydrogen-bond donors (Lipinski definition) is 3. The summed E-state index contributed by atoms with van der Waals surface area (Å²) in [5, 5.41) is 6.98. The van der Waals surface area contributed by atoms with Gasteiger partial charge in [-0.05, 0) is 35.7 Å². The maximum atomic E-state index is 12.2. The first-order valence-corrected chi connectivity index (χ1v) is 9.24. The molecule has 1 heterocycles. The van der Waals surface area contributed by atoms with Crippen LogP contribution in [0, 0.1) is 5.92 Å². The Bertz CT molecular complexity index is 926. The monoisotopic (exact) mass is 363 g/mol. The first-order valence-electron chi connectivity index (χ1n) is 9.24. The number of aromatic nitrogens is 1. The minimum atomic E-state index is -0.0545. The summed E-state index contributed by atoms with van der Waals surface area (Å²) in [6.07, 6.45) is 3.13. The number of anilines is 1. The number of fused-ring (bicyclic) bond motifs is 1. The lowest BCUT2D eigenvalue weighted by atomic mass is 10.1. The van der Waals surface area contributed by atoms with Crippen LogP contribution in [0.3, 0.4) is 0 Å². The number of rotatable bonds is 7. The van der Waals surface area contributed by atoms with Gasteiger partial charge in [-0.25, -0.2) is 0 Å². The average molecular weight is 363 g/mol. The second kappa shape index (κ2) is 8.54. The van der Waals surface area contributed by atoms with Gasteiger partial charge in [0.1, 0.15) is 0 Å². The molecule has 0 aliphatic heterocycles. The molecule has 5 heteroatoms. The Morgan fingerprint density at radius 3 is 2.52 bits per heavy atom. The SMILES string of the molecule is CC(C)C(=O)Nc1ccc(CNC(=O)CCc2c[nH]c3ccccc23)cc1. The number of hydrogen-bond acceptors (Lipinski definition) is 2. The number of H-pyrrole nitrogens is 1. The van der Waals surface area contributed by atoms with Gasteiger partial charge in [0, 0.05) is 41.7 Å². The fourth-order valence-electron chi connectivity index (χ4n) is 2.87. The number of para-hydroxylation sites is 1. The molecule has 27 heavy (non-hydrogen) atoms. The van der Waals surface area contributed by atoms with Crippen LogP contribution in [0.4, 0.5) is 5.69 Å². The van der Waals surface area contributed by atoms with E-state index in [9.17, 15) is 9.59 Å². The molecule has 0 spiro atoms. The Morgan fingerprint density at radius 1 is 1.04 bits per heavy atom. The summed E-state index contributed by atoms with van der Waals surface area (Å²) in [6.45, 7) is 4.19. The normalized spacial score (nSPS) is 10.9. The van der Waals surface area contributed by atoms with Gasteiger partial charge >= 0.3 is 0 Å². The first-order chi connectivity index (χ1) is 13.0. The van der Waals surface area contributed by atoms with Gasteiger partial charge in [0.2, 0.25) is 11.8 Å². The zero-order valence-corrected chi connectivity index (χ0v) is 15.7. The minimum Gasteiger partial charge on any atom is -0.361 e. The molecule has 2 aromatic carbocycles. The third-order valence-corrected chi connectivity index (χ3v) is 4.53. The van der Waals surface area contributed by atoms with E-state index in [0.29, 0.717) is 19.4 Å². The highest BCUT2D eigenvalue weighted by Crippen LogP contribution is 2.19. The minimum absolute atomic E-state index is 0.00617. The van der Waals surface area contributed by atoms with E-state index in [0.717, 1.165) is 22.3 Å². The van der Waals surface area contributed by atoms with E-state index < -0.39 is 0 Å². The van der Waals surface area contributed by atoms with Crippen molar-refractivity contribution in [3.8, 4) is 0 Å². The molecule has 0 saturated carbocycles. The number of carbonyl (C=O) groups is 2. The van der Waals surface area contributed by atoms with Gasteiger partial charge in [-0.15, -0.1) is 0 Å². The standard InChI is InChI=1S/C22H25N3O2/c1-15(2)22(27)25-18-10-7-16(8-11-18)13-24-21(26)12-9-17-14-23-20-6-4-3-5-19(17)20/h3-8,10-11,14-15,23H,9,12-13H2,1-2H3,(H,24,26)(H,25,27). The lowest BCUT2D eigenvalue weighted by Crippen LogP contribution is -2.23. The summed E-state index contributed by atoms with van der Waals surface area (Å²) in [7, 11) is 0. The van der Waals surface area contributed by atoms with E-state index in [1.807, 2.05) is 62.5 Å². The predicted octanol–water partition coefficient (Wildman–Crippen LogP) is 4.01. The van der Waals surface area contributed by atoms with Gasteiger partial charge in [0.25, 0.3) is 0 Å². The first kappa shape index (κ1) is 18.7. The Hall–Kier alpha value is -3.08. The van der Waals surface area contributed by atoms with Gasteiger partial charge in [0.15, 0.2) is 0 Å². The summed E-state index contributed by atoms with van der Waals surface area (Å²) >= 11 is 0. The molecule has 0 fully saturated rings. The molecule has 0 bridgehead atoms. The van der Waals surface area contributed by atoms with Gasteiger partial charge < -0.3 is 15.6 Å². The summed E-state index contributed by atoms with van der Waals surface area (Å²) in [6, 6.07) is 15.6. The molecule has 3 N–H and O–H groups in total. The van der Waals surface area contributed by atoms with Gasteiger partial charge in [-0.2, -0.15) is 0 Å². The summed E-state index contributed by atoms with van der Waals surface area (Å²) in [5.74, 6) is -0.0353. The van der Waals surface area contributed by atoms with Crippen LogP contribution in [0.2, 0.25) is 0 Å². The molecule has 3 aromatic rings. The Morgan fingerprint density at radius 2 is 1.78 bits per heavy atom. The van der Waals surface area contributed by atoms with Crippen molar-refractivity contribution in [2.75, 3.05) is 5.32 Å². The van der Waals surface area contributed by atoms with Gasteiger partial charge in [-0.1, -0.05) is 44.2 Å². The van der Waals surface area contributed by atoms with Crippen LogP contribution < -0.4 is 10.6 Å². The topological polar surface area (TPSA) is 74.0 Å². The Balaban J connectivity index is 1.47. The third kappa shape index (κ3) is 4.97. The summed E-state index contributed by atoms with van der Waals surface area (Å²) < 4.78 is 0. The maximum absolute atomic E-state index is 12.2. The molecule has 0 aliphatic rings. The second-order valence-corrected chi connectivity index (χ2v) is 6.98. The molecule has 3 rings (SSSR count). The fourth-order valence-corrected chi connectivity index (χ4v) is 2.87. The lowest BCUT2D eigenvalue weighted by molar-refractivity contribution is -0.121. The van der Waals surface area contributed by atoms with Crippen molar-refractivity contribution in [3.05, 3.63) is 65.9 Å². The molecule has 0 atom stereocenters. The lowest BCUT2D eigenvalue weighted by Gasteiger charge is -2.09. The van der Waals surface area contributed by atoms with E-state index in [4.69, 9.17) is 0 Å². The molecule has 0 radical (unpaired) electrons. The van der Waals surface area contributed by atoms with E-state index in [2.05, 4.69) is 21.7 Å². The third-order valence-electron chi connectivity index (χ3n) is 4.53. The van der Waals surface area contributed by atoms with E-state index in [-0.39, 0.29) is 17.7 Å². The summed E-state index contributed by atoms with van der Waals surface area (Å²) in [4.78, 5) is 27.1. The van der Waals surface area contributed by atoms with Crippen LogP contribution in [0.25, 0.3) is 10.9 Å². The van der Waals surface area contributed by atoms with Crippen molar-refractivity contribution < 1.29 is 9.59 Å². The number of aromatic amines is 1. The number of carbonyl (C=O) groups excluding carboxylic acids is 2.